The highest BCUT2D eigenvalue weighted by atomic mass is 79.9. The molecule has 0 aliphatic heterocycles. The van der Waals surface area contributed by atoms with Gasteiger partial charge in [0.25, 0.3) is 0 Å². The summed E-state index contributed by atoms with van der Waals surface area (Å²) in [6.07, 6.45) is 2.55. The van der Waals surface area contributed by atoms with E-state index in [-0.39, 0.29) is 5.91 Å². The van der Waals surface area contributed by atoms with Crippen LogP contribution < -0.4 is 10.1 Å². The Kier molecular flexibility index (Phi) is 4.43. The lowest BCUT2D eigenvalue weighted by atomic mass is 10.3. The Labute approximate surface area is 156 Å². The topological polar surface area (TPSA) is 81.9 Å². The largest absolute Gasteiger partial charge is 0.486 e. The summed E-state index contributed by atoms with van der Waals surface area (Å²) >= 11 is 4.95. The lowest BCUT2D eigenvalue weighted by Crippen LogP contribution is -2.05. The van der Waals surface area contributed by atoms with Gasteiger partial charge in [0, 0.05) is 18.8 Å². The predicted octanol–water partition coefficient (Wildman–Crippen LogP) is 3.60. The van der Waals surface area contributed by atoms with Crippen LogP contribution in [0.5, 0.6) is 5.75 Å². The first-order valence-electron chi connectivity index (χ1n) is 7.96. The fraction of sp³-hybridized carbons (Fsp3) is 0.375. The number of hydrogen-bond acceptors (Lipinski definition) is 6. The van der Waals surface area contributed by atoms with E-state index >= 15 is 0 Å². The van der Waals surface area contributed by atoms with E-state index in [9.17, 15) is 4.79 Å². The van der Waals surface area contributed by atoms with Gasteiger partial charge in [-0.1, -0.05) is 5.21 Å². The second-order valence-corrected chi connectivity index (χ2v) is 7.73. The molecule has 25 heavy (non-hydrogen) atoms. The van der Waals surface area contributed by atoms with Crippen molar-refractivity contribution >= 4 is 49.3 Å². The van der Waals surface area contributed by atoms with Crippen molar-refractivity contribution in [3.8, 4) is 5.75 Å². The quantitative estimate of drug-likeness (QED) is 0.657. The van der Waals surface area contributed by atoms with E-state index in [2.05, 4.69) is 36.5 Å². The fourth-order valence-corrected chi connectivity index (χ4v) is 3.78. The van der Waals surface area contributed by atoms with Gasteiger partial charge in [-0.05, 0) is 46.8 Å². The summed E-state index contributed by atoms with van der Waals surface area (Å²) in [7, 11) is 0. The van der Waals surface area contributed by atoms with E-state index in [1.807, 2.05) is 22.2 Å². The fourth-order valence-electron chi connectivity index (χ4n) is 2.51. The van der Waals surface area contributed by atoms with Gasteiger partial charge in [0.05, 0.1) is 15.7 Å². The number of nitrogens with one attached hydrogen (secondary N) is 1. The van der Waals surface area contributed by atoms with Crippen LogP contribution in [-0.4, -0.2) is 25.9 Å². The van der Waals surface area contributed by atoms with E-state index < -0.39 is 0 Å². The normalized spacial score (nSPS) is 14.0. The average molecular weight is 422 g/mol. The summed E-state index contributed by atoms with van der Waals surface area (Å²) < 4.78 is 8.62. The Morgan fingerprint density at radius 3 is 3.08 bits per heavy atom. The predicted molar refractivity (Wildman–Crippen MR) is 98.7 cm³/mol. The molecule has 0 radical (unpaired) electrons. The molecule has 0 saturated heterocycles. The van der Waals surface area contributed by atoms with E-state index in [4.69, 9.17) is 4.74 Å². The zero-order valence-electron chi connectivity index (χ0n) is 13.5. The number of nitrogens with zero attached hydrogens (tertiary/aromatic N) is 4. The van der Waals surface area contributed by atoms with Gasteiger partial charge in [-0.15, -0.1) is 16.4 Å². The first-order chi connectivity index (χ1) is 12.1. The second-order valence-electron chi connectivity index (χ2n) is 6.07. The van der Waals surface area contributed by atoms with E-state index in [0.717, 1.165) is 33.7 Å². The molecule has 0 unspecified atom stereocenters. The minimum atomic E-state index is -0.135. The van der Waals surface area contributed by atoms with Crippen molar-refractivity contribution in [2.24, 2.45) is 5.92 Å². The Bertz CT molecular complexity index is 934. The third-order valence-electron chi connectivity index (χ3n) is 3.93. The molecule has 1 amide bonds. The number of anilines is 1. The monoisotopic (exact) mass is 421 g/mol. The van der Waals surface area contributed by atoms with Crippen LogP contribution in [0.25, 0.3) is 11.0 Å². The summed E-state index contributed by atoms with van der Waals surface area (Å²) in [5.74, 6) is 1.30. The molecule has 0 atom stereocenters. The van der Waals surface area contributed by atoms with Crippen LogP contribution in [0.2, 0.25) is 0 Å². The molecule has 130 valence electrons. The number of halogens is 1. The zero-order valence-corrected chi connectivity index (χ0v) is 15.9. The molecule has 1 N–H and O–H groups in total. The highest BCUT2D eigenvalue weighted by Crippen LogP contribution is 2.35. The van der Waals surface area contributed by atoms with Crippen LogP contribution in [0.1, 0.15) is 25.5 Å². The van der Waals surface area contributed by atoms with E-state index in [1.54, 1.807) is 0 Å². The number of amides is 1. The van der Waals surface area contributed by atoms with Crippen LogP contribution in [0, 0.1) is 5.92 Å². The standard InChI is InChI=1S/C16H16BrN5O2S/c1-9(23)18-16-19-11(8-25-16)7-24-13-5-4-12-15(14(13)17)20-21-22(12)6-10-2-3-10/h4-5,8,10H,2-3,6-7H2,1H3,(H,18,19,23). The van der Waals surface area contributed by atoms with Gasteiger partial charge < -0.3 is 10.1 Å². The Hall–Kier alpha value is -2.00. The maximum Gasteiger partial charge on any atom is 0.223 e. The number of aromatic nitrogens is 4. The van der Waals surface area contributed by atoms with Crippen LogP contribution >= 0.6 is 27.3 Å². The highest BCUT2D eigenvalue weighted by Gasteiger charge is 2.23. The lowest BCUT2D eigenvalue weighted by Gasteiger charge is -2.07. The number of ether oxygens (including phenoxy) is 1. The summed E-state index contributed by atoms with van der Waals surface area (Å²) in [4.78, 5) is 15.4. The smallest absolute Gasteiger partial charge is 0.223 e. The van der Waals surface area contributed by atoms with E-state index in [0.29, 0.717) is 17.5 Å². The summed E-state index contributed by atoms with van der Waals surface area (Å²) in [5.41, 5.74) is 2.57. The maximum atomic E-state index is 11.0. The summed E-state index contributed by atoms with van der Waals surface area (Å²) in [5, 5.41) is 13.6. The van der Waals surface area contributed by atoms with Crippen LogP contribution in [0.3, 0.4) is 0 Å². The van der Waals surface area contributed by atoms with Gasteiger partial charge in [0.1, 0.15) is 17.9 Å². The highest BCUT2D eigenvalue weighted by molar-refractivity contribution is 9.10. The van der Waals surface area contributed by atoms with Crippen molar-refractivity contribution in [2.45, 2.75) is 32.9 Å². The molecule has 1 saturated carbocycles. The summed E-state index contributed by atoms with van der Waals surface area (Å²) in [6, 6.07) is 3.90. The lowest BCUT2D eigenvalue weighted by molar-refractivity contribution is -0.114. The molecular weight excluding hydrogens is 406 g/mol. The molecule has 0 bridgehead atoms. The van der Waals surface area contributed by atoms with Gasteiger partial charge in [-0.25, -0.2) is 9.67 Å². The van der Waals surface area contributed by atoms with Gasteiger partial charge in [-0.3, -0.25) is 4.79 Å². The Morgan fingerprint density at radius 1 is 1.48 bits per heavy atom. The van der Waals surface area contributed by atoms with Crippen LogP contribution in [0.4, 0.5) is 5.13 Å². The van der Waals surface area contributed by atoms with Crippen LogP contribution in [-0.2, 0) is 17.9 Å². The van der Waals surface area contributed by atoms with Gasteiger partial charge >= 0.3 is 0 Å². The van der Waals surface area contributed by atoms with Crippen molar-refractivity contribution < 1.29 is 9.53 Å². The number of carbonyl (C=O) groups is 1. The van der Waals surface area contributed by atoms with Gasteiger partial charge in [0.2, 0.25) is 5.91 Å². The first-order valence-corrected chi connectivity index (χ1v) is 9.64. The number of rotatable bonds is 6. The number of hydrogen-bond donors (Lipinski definition) is 1. The van der Waals surface area contributed by atoms with Gasteiger partial charge in [0.15, 0.2) is 5.13 Å². The molecule has 1 aliphatic rings. The van der Waals surface area contributed by atoms with Crippen molar-refractivity contribution in [2.75, 3.05) is 5.32 Å². The molecule has 7 nitrogen and oxygen atoms in total. The molecule has 2 heterocycles. The molecule has 4 rings (SSSR count). The SMILES string of the molecule is CC(=O)Nc1nc(COc2ccc3c(nnn3CC3CC3)c2Br)cs1. The minimum Gasteiger partial charge on any atom is -0.486 e. The minimum absolute atomic E-state index is 0.135. The molecule has 2 aromatic heterocycles. The number of thiazole rings is 1. The molecule has 0 spiro atoms. The van der Waals surface area contributed by atoms with Crippen molar-refractivity contribution in [3.05, 3.63) is 27.7 Å². The van der Waals surface area contributed by atoms with Crippen LogP contribution in [0.15, 0.2) is 22.0 Å². The van der Waals surface area contributed by atoms with E-state index in [1.165, 1.54) is 31.1 Å². The molecule has 1 fully saturated rings. The molecule has 3 aromatic rings. The number of benzene rings is 1. The zero-order chi connectivity index (χ0) is 17.4. The first kappa shape index (κ1) is 16.5. The number of carbonyl (C=O) groups excluding carboxylic acids is 1. The molecule has 9 heteroatoms. The van der Waals surface area contributed by atoms with Crippen molar-refractivity contribution in [3.63, 3.8) is 0 Å². The third kappa shape index (κ3) is 3.67. The Balaban J connectivity index is 1.48. The third-order valence-corrected chi connectivity index (χ3v) is 5.50. The van der Waals surface area contributed by atoms with Gasteiger partial charge in [-0.2, -0.15) is 0 Å². The number of fused-ring (bicyclic) bond motifs is 1. The molecule has 1 aromatic carbocycles. The Morgan fingerprint density at radius 2 is 2.32 bits per heavy atom. The second kappa shape index (κ2) is 6.72. The summed E-state index contributed by atoms with van der Waals surface area (Å²) in [6.45, 7) is 2.70. The van der Waals surface area contributed by atoms with Crippen molar-refractivity contribution in [1.29, 1.82) is 0 Å². The average Bonchev–Trinajstić information content (AvgIpc) is 3.12. The maximum absolute atomic E-state index is 11.0. The molecular formula is C16H16BrN5O2S. The molecule has 1 aliphatic carbocycles. The van der Waals surface area contributed by atoms with Crippen molar-refractivity contribution in [1.82, 2.24) is 20.0 Å².